The lowest BCUT2D eigenvalue weighted by atomic mass is 9.76. The number of nitrogens with one attached hydrogen (secondary N) is 2. The second kappa shape index (κ2) is 20.6. The van der Waals surface area contributed by atoms with Crippen molar-refractivity contribution >= 4 is 58.5 Å². The normalized spacial score (nSPS) is 15.8. The molecule has 1 aromatic carbocycles. The van der Waals surface area contributed by atoms with Gasteiger partial charge in [-0.1, -0.05) is 72.7 Å². The molecule has 1 aliphatic rings. The minimum absolute atomic E-state index is 0.0865. The van der Waals surface area contributed by atoms with Crippen molar-refractivity contribution in [2.45, 2.75) is 163 Å². The first-order chi connectivity index (χ1) is 29.7. The van der Waals surface area contributed by atoms with E-state index in [9.17, 15) is 38.4 Å². The van der Waals surface area contributed by atoms with E-state index in [1.807, 2.05) is 90.5 Å². The molecule has 0 aliphatic carbocycles. The first-order valence-electron chi connectivity index (χ1n) is 22.0. The summed E-state index contributed by atoms with van der Waals surface area (Å²) in [7, 11) is 5.00. The zero-order valence-corrected chi connectivity index (χ0v) is 41.5. The van der Waals surface area contributed by atoms with E-state index in [1.165, 1.54) is 23.8 Å². The second-order valence-electron chi connectivity index (χ2n) is 20.9. The molecule has 0 radical (unpaired) electrons. The molecule has 4 atom stereocenters. The molecule has 65 heavy (non-hydrogen) atoms. The van der Waals surface area contributed by atoms with E-state index in [4.69, 9.17) is 14.3 Å². The van der Waals surface area contributed by atoms with E-state index in [0.29, 0.717) is 5.06 Å². The average molecular weight is 909 g/mol. The van der Waals surface area contributed by atoms with Crippen LogP contribution in [0.2, 0.25) is 0 Å². The molecule has 1 fully saturated rings. The summed E-state index contributed by atoms with van der Waals surface area (Å²) in [6.07, 6.45) is 1.93. The summed E-state index contributed by atoms with van der Waals surface area (Å²) in [6, 6.07) is 3.46. The van der Waals surface area contributed by atoms with Crippen molar-refractivity contribution in [3.63, 3.8) is 0 Å². The van der Waals surface area contributed by atoms with Crippen LogP contribution < -0.4 is 10.6 Å². The lowest BCUT2D eigenvalue weighted by molar-refractivity contribution is -0.197. The number of amides is 6. The number of fused-ring (bicyclic) bond motifs is 1. The van der Waals surface area contributed by atoms with Crippen LogP contribution in [-0.4, -0.2) is 116 Å². The summed E-state index contributed by atoms with van der Waals surface area (Å²) >= 11 is 0. The van der Waals surface area contributed by atoms with Crippen LogP contribution in [0.4, 0.5) is 4.79 Å². The summed E-state index contributed by atoms with van der Waals surface area (Å²) in [5, 5.41) is 6.97. The molecule has 2 heterocycles. The summed E-state index contributed by atoms with van der Waals surface area (Å²) in [6.45, 7) is 24.6. The minimum atomic E-state index is -1.33. The van der Waals surface area contributed by atoms with Gasteiger partial charge in [0.1, 0.15) is 29.3 Å². The number of carbonyl (C=O) groups excluding carboxylic acids is 8. The number of para-hydroxylation sites is 1. The van der Waals surface area contributed by atoms with Crippen LogP contribution in [-0.2, 0) is 60.3 Å². The van der Waals surface area contributed by atoms with Gasteiger partial charge in [-0.2, -0.15) is 0 Å². The number of carbonyl (C=O) groups is 8. The molecule has 1 aliphatic heterocycles. The molecule has 17 heteroatoms. The smallest absolute Gasteiger partial charge is 0.410 e. The van der Waals surface area contributed by atoms with Gasteiger partial charge in [-0.15, -0.1) is 5.06 Å². The van der Waals surface area contributed by atoms with E-state index in [0.717, 1.165) is 16.5 Å². The third kappa shape index (κ3) is 13.9. The minimum Gasteiger partial charge on any atom is -0.458 e. The predicted molar refractivity (Wildman–Crippen MR) is 244 cm³/mol. The zero-order chi connectivity index (χ0) is 49.7. The molecule has 3 rings (SSSR count). The van der Waals surface area contributed by atoms with Crippen molar-refractivity contribution in [2.75, 3.05) is 14.1 Å². The quantitative estimate of drug-likeness (QED) is 0.116. The van der Waals surface area contributed by atoms with Crippen LogP contribution in [0.3, 0.4) is 0 Å². The lowest BCUT2D eigenvalue weighted by Crippen LogP contribution is -2.63. The number of imide groups is 1. The van der Waals surface area contributed by atoms with Crippen molar-refractivity contribution in [3.05, 3.63) is 47.7 Å². The van der Waals surface area contributed by atoms with Gasteiger partial charge in [0.2, 0.25) is 17.7 Å². The number of ether oxygens (including phenoxy) is 2. The number of benzene rings is 1. The molecule has 2 aromatic rings. The average Bonchev–Trinajstić information content (AvgIpc) is 3.68. The Kier molecular flexibility index (Phi) is 17.0. The fourth-order valence-corrected chi connectivity index (χ4v) is 7.69. The van der Waals surface area contributed by atoms with E-state index in [2.05, 4.69) is 10.6 Å². The number of hydroxylamine groups is 2. The third-order valence-electron chi connectivity index (χ3n) is 11.1. The Labute approximate surface area is 383 Å². The number of aryl methyl sites for hydroxylation is 1. The fraction of sp³-hybridized carbons (Fsp3) is 0.625. The molecule has 0 saturated carbocycles. The SMILES string of the molecule is C/C(=C\[C@H](C(C)C)N(C)C(=O)[C@@H](NC(=O)[C@@H](N(C)C(=O)OC(C)(C)C)C(C)(C)c1cn(C)c2ccccc12)C(C)(C)C)C(=O)N[C@H](CCC(=O)ON1C(=O)CCC1=O)C(=O)OC(C)(C)C. The third-order valence-corrected chi connectivity index (χ3v) is 11.1. The summed E-state index contributed by atoms with van der Waals surface area (Å²) in [5.74, 6) is -5.08. The number of nitrogens with zero attached hydrogens (tertiary/aromatic N) is 4. The van der Waals surface area contributed by atoms with Gasteiger partial charge in [-0.05, 0) is 77.8 Å². The van der Waals surface area contributed by atoms with Crippen LogP contribution >= 0.6 is 0 Å². The van der Waals surface area contributed by atoms with E-state index >= 15 is 0 Å². The van der Waals surface area contributed by atoms with Gasteiger partial charge in [-0.3, -0.25) is 28.9 Å². The number of rotatable bonds is 16. The maximum Gasteiger partial charge on any atom is 0.410 e. The number of hydrogen-bond acceptors (Lipinski definition) is 11. The van der Waals surface area contributed by atoms with Gasteiger partial charge in [0.05, 0.1) is 12.5 Å². The molecular weight excluding hydrogens is 837 g/mol. The molecule has 0 bridgehead atoms. The number of esters is 1. The zero-order valence-electron chi connectivity index (χ0n) is 41.5. The highest BCUT2D eigenvalue weighted by atomic mass is 16.7. The standard InChI is InChI=1S/C48H72N6O11/c1-28(2)34(26-29(3)40(58)49-32(43(61)63-46(7,8)9)22-25-37(57)65-54-35(55)23-24-36(54)56)52(16)42(60)38(45(4,5)6)50-41(59)39(53(17)44(62)64-47(10,11)12)48(13,14)31-27-51(15)33-21-19-18-20-30(31)33/h18-21,26-28,32,34,38-39H,22-25H2,1-17H3,(H,49,58)(H,50,59)/b29-26+/t32-,34-,38-,39-/m1/s1. The highest BCUT2D eigenvalue weighted by Crippen LogP contribution is 2.37. The summed E-state index contributed by atoms with van der Waals surface area (Å²) in [5.41, 5.74) is -1.79. The highest BCUT2D eigenvalue weighted by molar-refractivity contribution is 6.02. The van der Waals surface area contributed by atoms with Crippen LogP contribution in [0.15, 0.2) is 42.1 Å². The maximum absolute atomic E-state index is 14.9. The first-order valence-corrected chi connectivity index (χ1v) is 22.0. The van der Waals surface area contributed by atoms with Gasteiger partial charge >= 0.3 is 18.0 Å². The number of hydrogen-bond donors (Lipinski definition) is 2. The van der Waals surface area contributed by atoms with Gasteiger partial charge < -0.3 is 34.4 Å². The molecule has 1 aromatic heterocycles. The number of likely N-dealkylation sites (N-methyl/N-ethyl adjacent to an activating group) is 2. The molecule has 360 valence electrons. The monoisotopic (exact) mass is 909 g/mol. The fourth-order valence-electron chi connectivity index (χ4n) is 7.69. The van der Waals surface area contributed by atoms with Crippen molar-refractivity contribution in [1.82, 2.24) is 30.1 Å². The molecular formula is C48H72N6O11. The number of aromatic nitrogens is 1. The van der Waals surface area contributed by atoms with Gasteiger partial charge in [0.15, 0.2) is 0 Å². The predicted octanol–water partition coefficient (Wildman–Crippen LogP) is 5.87. The Morgan fingerprint density at radius 2 is 1.37 bits per heavy atom. The second-order valence-corrected chi connectivity index (χ2v) is 20.9. The van der Waals surface area contributed by atoms with Crippen molar-refractivity contribution in [3.8, 4) is 0 Å². The molecule has 2 N–H and O–H groups in total. The van der Waals surface area contributed by atoms with Crippen molar-refractivity contribution < 1.29 is 52.7 Å². The molecule has 6 amide bonds. The van der Waals surface area contributed by atoms with Gasteiger partial charge in [0.25, 0.3) is 11.8 Å². The molecule has 17 nitrogen and oxygen atoms in total. The van der Waals surface area contributed by atoms with E-state index in [-0.39, 0.29) is 30.8 Å². The van der Waals surface area contributed by atoms with Gasteiger partial charge in [-0.25, -0.2) is 14.4 Å². The van der Waals surface area contributed by atoms with Crippen molar-refractivity contribution in [2.24, 2.45) is 18.4 Å². The van der Waals surface area contributed by atoms with E-state index < -0.39 is 100 Å². The van der Waals surface area contributed by atoms with Gasteiger partial charge in [0, 0.05) is 62.1 Å². The molecule has 0 spiro atoms. The first kappa shape index (κ1) is 53.6. The topological polar surface area (TPSA) is 203 Å². The molecule has 1 saturated heterocycles. The lowest BCUT2D eigenvalue weighted by Gasteiger charge is -2.42. The molecule has 0 unspecified atom stereocenters. The maximum atomic E-state index is 14.9. The largest absolute Gasteiger partial charge is 0.458 e. The summed E-state index contributed by atoms with van der Waals surface area (Å²) in [4.78, 5) is 115. The van der Waals surface area contributed by atoms with Crippen LogP contribution in [0.25, 0.3) is 10.9 Å². The highest BCUT2D eigenvalue weighted by Gasteiger charge is 2.47. The van der Waals surface area contributed by atoms with Crippen LogP contribution in [0.1, 0.15) is 128 Å². The Bertz CT molecular complexity index is 2150. The van der Waals surface area contributed by atoms with Crippen LogP contribution in [0.5, 0.6) is 0 Å². The Morgan fingerprint density at radius 3 is 1.89 bits per heavy atom. The van der Waals surface area contributed by atoms with E-state index in [1.54, 1.807) is 54.7 Å². The van der Waals surface area contributed by atoms with Crippen molar-refractivity contribution in [1.29, 1.82) is 0 Å². The Balaban J connectivity index is 1.96. The summed E-state index contributed by atoms with van der Waals surface area (Å²) < 4.78 is 13.3. The Morgan fingerprint density at radius 1 is 0.815 bits per heavy atom. The Hall–Kier alpha value is -5.74. The van der Waals surface area contributed by atoms with Crippen LogP contribution in [0, 0.1) is 11.3 Å².